The van der Waals surface area contributed by atoms with Crippen LogP contribution in [0.5, 0.6) is 0 Å². The van der Waals surface area contributed by atoms with Crippen molar-refractivity contribution in [3.05, 3.63) is 0 Å². The van der Waals surface area contributed by atoms with Crippen LogP contribution in [0.25, 0.3) is 0 Å². The molecule has 0 aliphatic heterocycles. The molecule has 1 N–H and O–H groups in total. The Bertz CT molecular complexity index is 556. The Balaban J connectivity index is -0.00000420. The maximum atomic E-state index is 11.6. The third-order valence-electron chi connectivity index (χ3n) is 5.22. The number of rotatable bonds is 21. The molecule has 0 aromatic carbocycles. The molecule has 10 heteroatoms. The zero-order valence-electron chi connectivity index (χ0n) is 20.6. The second kappa shape index (κ2) is 25.0. The van der Waals surface area contributed by atoms with Crippen molar-refractivity contribution in [2.45, 2.75) is 121 Å². The Kier molecular flexibility index (Phi) is 29.2. The summed E-state index contributed by atoms with van der Waals surface area (Å²) in [4.78, 5) is 22.1. The Hall–Kier alpha value is 0.850. The number of ether oxygens (including phenoxy) is 1. The summed E-state index contributed by atoms with van der Waals surface area (Å²) in [6.07, 6.45) is 18.3. The van der Waals surface area contributed by atoms with Crippen LogP contribution in [-0.4, -0.2) is 36.8 Å². The van der Waals surface area contributed by atoms with Gasteiger partial charge in [0, 0.05) is 12.4 Å². The first-order chi connectivity index (χ1) is 14.3. The van der Waals surface area contributed by atoms with E-state index in [1.54, 1.807) is 0 Å². The SMILES string of the molecule is CCCCCCCCCCCCCCCCCCOC(=O)C(CC(=O)[O-])S(=O)(=O)O.[Na+].[Na+]. The molecule has 7 nitrogen and oxygen atoms in total. The van der Waals surface area contributed by atoms with Gasteiger partial charge in [0.15, 0.2) is 5.25 Å². The maximum Gasteiger partial charge on any atom is 1.00 e. The van der Waals surface area contributed by atoms with Gasteiger partial charge in [-0.1, -0.05) is 103 Å². The molecule has 0 amide bonds. The van der Waals surface area contributed by atoms with Gasteiger partial charge in [-0.05, 0) is 6.42 Å². The van der Waals surface area contributed by atoms with Crippen molar-refractivity contribution < 1.29 is 91.5 Å². The van der Waals surface area contributed by atoms with Gasteiger partial charge >= 0.3 is 65.1 Å². The van der Waals surface area contributed by atoms with Crippen LogP contribution in [0.4, 0.5) is 0 Å². The van der Waals surface area contributed by atoms with Gasteiger partial charge in [0.05, 0.1) is 6.61 Å². The fourth-order valence-electron chi connectivity index (χ4n) is 3.38. The second-order valence-corrected chi connectivity index (χ2v) is 9.65. The predicted octanol–water partition coefficient (Wildman–Crippen LogP) is -1.80. The number of carbonyl (C=O) groups is 2. The topological polar surface area (TPSA) is 121 Å². The molecule has 0 aromatic heterocycles. The Morgan fingerprint density at radius 1 is 0.750 bits per heavy atom. The van der Waals surface area contributed by atoms with Crippen molar-refractivity contribution >= 4 is 22.1 Å². The van der Waals surface area contributed by atoms with Gasteiger partial charge in [-0.15, -0.1) is 0 Å². The minimum absolute atomic E-state index is 0. The van der Waals surface area contributed by atoms with Crippen LogP contribution in [0.15, 0.2) is 0 Å². The molecule has 0 heterocycles. The van der Waals surface area contributed by atoms with Gasteiger partial charge in [-0.25, -0.2) is 0 Å². The van der Waals surface area contributed by atoms with Crippen LogP contribution in [-0.2, 0) is 24.4 Å². The van der Waals surface area contributed by atoms with E-state index in [0.717, 1.165) is 19.3 Å². The first kappa shape index (κ1) is 37.4. The van der Waals surface area contributed by atoms with E-state index in [-0.39, 0.29) is 65.7 Å². The van der Waals surface area contributed by atoms with Crippen LogP contribution in [0, 0.1) is 0 Å². The summed E-state index contributed by atoms with van der Waals surface area (Å²) in [7, 11) is -4.83. The normalized spacial score (nSPS) is 11.8. The molecule has 0 radical (unpaired) electrons. The molecule has 0 aliphatic carbocycles. The van der Waals surface area contributed by atoms with Gasteiger partial charge in [0.2, 0.25) is 0 Å². The van der Waals surface area contributed by atoms with E-state index in [1.165, 1.54) is 77.0 Å². The van der Waals surface area contributed by atoms with Gasteiger partial charge in [-0.2, -0.15) is 8.42 Å². The number of hydrogen-bond donors (Lipinski definition) is 1. The summed E-state index contributed by atoms with van der Waals surface area (Å²) < 4.78 is 35.8. The van der Waals surface area contributed by atoms with E-state index < -0.39 is 33.7 Å². The Morgan fingerprint density at radius 2 is 1.09 bits per heavy atom. The van der Waals surface area contributed by atoms with E-state index in [9.17, 15) is 23.1 Å². The zero-order valence-corrected chi connectivity index (χ0v) is 25.4. The number of unbranched alkanes of at least 4 members (excludes halogenated alkanes) is 15. The Labute approximate surface area is 239 Å². The van der Waals surface area contributed by atoms with E-state index in [4.69, 9.17) is 9.29 Å². The number of carboxylic acid groups (broad SMARTS) is 1. The number of esters is 1. The van der Waals surface area contributed by atoms with E-state index in [1.807, 2.05) is 0 Å². The molecule has 1 unspecified atom stereocenters. The summed E-state index contributed by atoms with van der Waals surface area (Å²) >= 11 is 0. The molecule has 0 aromatic rings. The van der Waals surface area contributed by atoms with Gasteiger partial charge in [0.25, 0.3) is 10.1 Å². The number of carbonyl (C=O) groups excluding carboxylic acids is 2. The van der Waals surface area contributed by atoms with Crippen molar-refractivity contribution in [2.75, 3.05) is 6.61 Å². The van der Waals surface area contributed by atoms with Gasteiger partial charge < -0.3 is 14.6 Å². The molecule has 0 rings (SSSR count). The summed E-state index contributed by atoms with van der Waals surface area (Å²) in [5.41, 5.74) is 0. The van der Waals surface area contributed by atoms with Crippen molar-refractivity contribution in [2.24, 2.45) is 0 Å². The van der Waals surface area contributed by atoms with Crippen LogP contribution >= 0.6 is 0 Å². The summed E-state index contributed by atoms with van der Waals surface area (Å²) in [6.45, 7) is 2.25. The van der Waals surface area contributed by atoms with E-state index in [0.29, 0.717) is 6.42 Å². The molecule has 0 fully saturated rings. The fraction of sp³-hybridized carbons (Fsp3) is 0.909. The third-order valence-corrected chi connectivity index (χ3v) is 6.29. The average Bonchev–Trinajstić information content (AvgIpc) is 2.67. The van der Waals surface area contributed by atoms with Crippen LogP contribution < -0.4 is 64.2 Å². The Morgan fingerprint density at radius 3 is 1.41 bits per heavy atom. The first-order valence-corrected chi connectivity index (χ1v) is 13.1. The number of carboxylic acids is 1. The molecular weight excluding hydrogens is 454 g/mol. The first-order valence-electron chi connectivity index (χ1n) is 11.6. The smallest absolute Gasteiger partial charge is 0.550 e. The molecule has 32 heavy (non-hydrogen) atoms. The average molecular weight is 496 g/mol. The van der Waals surface area contributed by atoms with E-state index >= 15 is 0 Å². The zero-order chi connectivity index (χ0) is 22.7. The van der Waals surface area contributed by atoms with Gasteiger partial charge in [-0.3, -0.25) is 9.35 Å². The third kappa shape index (κ3) is 24.0. The standard InChI is InChI=1S/C22H42O7S.2Na/c1-2-3-4-5-6-7-8-9-10-11-12-13-14-15-16-17-18-29-22(25)20(19-21(23)24)30(26,27)28;;/h20H,2-19H2,1H3,(H,23,24)(H,26,27,28);;/q;2*+1/p-1. The number of hydrogen-bond acceptors (Lipinski definition) is 6. The molecule has 0 aliphatic rings. The second-order valence-electron chi connectivity index (χ2n) is 8.05. The molecule has 178 valence electrons. The van der Waals surface area contributed by atoms with Crippen molar-refractivity contribution in [1.29, 1.82) is 0 Å². The van der Waals surface area contributed by atoms with E-state index in [2.05, 4.69) is 6.92 Å². The van der Waals surface area contributed by atoms with Crippen molar-refractivity contribution in [3.63, 3.8) is 0 Å². The molecule has 0 bridgehead atoms. The minimum atomic E-state index is -4.83. The maximum absolute atomic E-state index is 11.6. The molecule has 0 saturated heterocycles. The summed E-state index contributed by atoms with van der Waals surface area (Å²) in [6, 6.07) is 0. The van der Waals surface area contributed by atoms with Crippen LogP contribution in [0.2, 0.25) is 0 Å². The molecular formula is C22H41Na2O7S+. The van der Waals surface area contributed by atoms with Crippen LogP contribution in [0.3, 0.4) is 0 Å². The fourth-order valence-corrected chi connectivity index (χ4v) is 4.04. The van der Waals surface area contributed by atoms with Crippen molar-refractivity contribution in [1.82, 2.24) is 0 Å². The molecule has 0 saturated carbocycles. The predicted molar refractivity (Wildman–Crippen MR) is 115 cm³/mol. The monoisotopic (exact) mass is 495 g/mol. The molecule has 1 atom stereocenters. The van der Waals surface area contributed by atoms with Crippen molar-refractivity contribution in [3.8, 4) is 0 Å². The number of aliphatic carboxylic acids is 1. The van der Waals surface area contributed by atoms with Gasteiger partial charge in [0.1, 0.15) is 0 Å². The molecule has 0 spiro atoms. The summed E-state index contributed by atoms with van der Waals surface area (Å²) in [5.74, 6) is -2.99. The minimum Gasteiger partial charge on any atom is -0.550 e. The quantitative estimate of drug-likeness (QED) is 0.0863. The largest absolute Gasteiger partial charge is 1.00 e. The van der Waals surface area contributed by atoms with Crippen LogP contribution in [0.1, 0.15) is 116 Å². The summed E-state index contributed by atoms with van der Waals surface area (Å²) in [5, 5.41) is 8.38.